The molecule has 2 rings (SSSR count). The van der Waals surface area contributed by atoms with Gasteiger partial charge in [-0.25, -0.2) is 26.3 Å². The summed E-state index contributed by atoms with van der Waals surface area (Å²) in [5.41, 5.74) is 0.954. The van der Waals surface area contributed by atoms with E-state index >= 15 is 0 Å². The van der Waals surface area contributed by atoms with Crippen LogP contribution in [0.4, 0.5) is 5.69 Å². The quantitative estimate of drug-likeness (QED) is 0.647. The lowest BCUT2D eigenvalue weighted by molar-refractivity contribution is -0.120. The Bertz CT molecular complexity index is 905. The van der Waals surface area contributed by atoms with Crippen LogP contribution in [0.1, 0.15) is 45.1 Å². The van der Waals surface area contributed by atoms with Gasteiger partial charge in [-0.3, -0.25) is 4.79 Å². The van der Waals surface area contributed by atoms with Crippen LogP contribution >= 0.6 is 0 Å². The molecule has 10 heteroatoms. The van der Waals surface area contributed by atoms with Gasteiger partial charge in [0, 0.05) is 24.7 Å². The molecule has 0 saturated carbocycles. The van der Waals surface area contributed by atoms with Crippen molar-refractivity contribution in [2.24, 2.45) is 11.1 Å². The lowest BCUT2D eigenvalue weighted by Gasteiger charge is -2.30. The highest BCUT2D eigenvalue weighted by Crippen LogP contribution is 2.24. The zero-order chi connectivity index (χ0) is 20.9. The van der Waals surface area contributed by atoms with E-state index in [-0.39, 0.29) is 22.5 Å². The molecule has 8 nitrogen and oxygen atoms in total. The van der Waals surface area contributed by atoms with Crippen LogP contribution in [0.3, 0.4) is 0 Å². The third-order valence-electron chi connectivity index (χ3n) is 5.00. The highest BCUT2D eigenvalue weighted by atomic mass is 32.2. The van der Waals surface area contributed by atoms with E-state index in [4.69, 9.17) is 5.14 Å². The van der Waals surface area contributed by atoms with Gasteiger partial charge in [0.05, 0.1) is 10.6 Å². The predicted molar refractivity (Wildman–Crippen MR) is 109 cm³/mol. The third kappa shape index (κ3) is 5.76. The van der Waals surface area contributed by atoms with Crippen molar-refractivity contribution < 1.29 is 21.6 Å². The number of nitrogens with one attached hydrogen (secondary N) is 1. The van der Waals surface area contributed by atoms with Crippen molar-refractivity contribution in [1.29, 1.82) is 0 Å². The molecular weight excluding hydrogens is 402 g/mol. The number of sulfonamides is 2. The molecule has 1 aliphatic rings. The minimum atomic E-state index is -3.88. The molecule has 158 valence electrons. The van der Waals surface area contributed by atoms with Crippen molar-refractivity contribution in [3.8, 4) is 0 Å². The van der Waals surface area contributed by atoms with Gasteiger partial charge in [-0.1, -0.05) is 26.3 Å². The minimum absolute atomic E-state index is 0.00429. The van der Waals surface area contributed by atoms with Crippen LogP contribution in [0.25, 0.3) is 0 Å². The predicted octanol–water partition coefficient (Wildman–Crippen LogP) is 1.68. The second-order valence-corrected chi connectivity index (χ2v) is 10.7. The lowest BCUT2D eigenvalue weighted by atomic mass is 9.97. The fourth-order valence-corrected chi connectivity index (χ4v) is 5.83. The molecule has 0 radical (unpaired) electrons. The Morgan fingerprint density at radius 3 is 2.36 bits per heavy atom. The summed E-state index contributed by atoms with van der Waals surface area (Å²) in [5, 5.41) is 8.00. The van der Waals surface area contributed by atoms with Gasteiger partial charge < -0.3 is 5.32 Å². The van der Waals surface area contributed by atoms with Crippen molar-refractivity contribution >= 4 is 31.6 Å². The number of anilines is 1. The smallest absolute Gasteiger partial charge is 0.238 e. The Morgan fingerprint density at radius 1 is 1.18 bits per heavy atom. The average molecular weight is 432 g/mol. The first-order valence-corrected chi connectivity index (χ1v) is 12.7. The highest BCUT2D eigenvalue weighted by molar-refractivity contribution is 7.89. The van der Waals surface area contributed by atoms with Crippen molar-refractivity contribution in [2.75, 3.05) is 24.2 Å². The molecule has 0 aromatic heterocycles. The summed E-state index contributed by atoms with van der Waals surface area (Å²) in [4.78, 5) is 12.6. The number of hydrogen-bond donors (Lipinski definition) is 2. The second kappa shape index (κ2) is 9.34. The summed E-state index contributed by atoms with van der Waals surface area (Å²) in [6, 6.07) is 4.66. The van der Waals surface area contributed by atoms with Crippen molar-refractivity contribution in [3.63, 3.8) is 0 Å². The largest absolute Gasteiger partial charge is 0.326 e. The van der Waals surface area contributed by atoms with Crippen LogP contribution in [-0.4, -0.2) is 45.9 Å². The lowest BCUT2D eigenvalue weighted by Crippen LogP contribution is -2.42. The SMILES string of the molecule is CCCCS(=O)(=O)N1CCC(C(=O)Nc2ccc(CC)c(S(N)(=O)=O)c2)CC1. The van der Waals surface area contributed by atoms with Gasteiger partial charge in [0.15, 0.2) is 0 Å². The molecular formula is C18H29N3O5S2. The van der Waals surface area contributed by atoms with Gasteiger partial charge in [-0.2, -0.15) is 0 Å². The standard InChI is InChI=1S/C18H29N3O5S2/c1-3-5-12-27(23,24)21-10-8-15(9-11-21)18(22)20-16-7-6-14(4-2)17(13-16)28(19,25)26/h6-7,13,15H,3-5,8-12H2,1-2H3,(H,20,22)(H2,19,25,26). The summed E-state index contributed by atoms with van der Waals surface area (Å²) in [6.45, 7) is 4.41. The number of primary sulfonamides is 1. The molecule has 3 N–H and O–H groups in total. The number of amides is 1. The molecule has 1 aromatic rings. The monoisotopic (exact) mass is 431 g/mol. The Labute approximate surface area is 167 Å². The maximum absolute atomic E-state index is 12.6. The van der Waals surface area contributed by atoms with E-state index in [1.807, 2.05) is 13.8 Å². The summed E-state index contributed by atoms with van der Waals surface area (Å²) in [5.74, 6) is -0.419. The van der Waals surface area contributed by atoms with Crippen molar-refractivity contribution in [1.82, 2.24) is 4.31 Å². The van der Waals surface area contributed by atoms with E-state index in [0.717, 1.165) is 6.42 Å². The number of hydrogen-bond acceptors (Lipinski definition) is 5. The number of carbonyl (C=O) groups is 1. The maximum atomic E-state index is 12.6. The summed E-state index contributed by atoms with van der Waals surface area (Å²) >= 11 is 0. The van der Waals surface area contributed by atoms with E-state index < -0.39 is 20.0 Å². The number of unbranched alkanes of at least 4 members (excludes halogenated alkanes) is 1. The number of benzene rings is 1. The Balaban J connectivity index is 2.02. The molecule has 0 aliphatic carbocycles. The first-order valence-electron chi connectivity index (χ1n) is 9.53. The minimum Gasteiger partial charge on any atom is -0.326 e. The van der Waals surface area contributed by atoms with E-state index in [1.165, 1.54) is 10.4 Å². The number of piperidine rings is 1. The molecule has 0 unspecified atom stereocenters. The van der Waals surface area contributed by atoms with Crippen LogP contribution in [0, 0.1) is 5.92 Å². The van der Waals surface area contributed by atoms with Crippen molar-refractivity contribution in [2.45, 2.75) is 50.8 Å². The zero-order valence-electron chi connectivity index (χ0n) is 16.3. The number of nitrogens with two attached hydrogens (primary N) is 1. The van der Waals surface area contributed by atoms with Gasteiger partial charge in [0.2, 0.25) is 26.0 Å². The maximum Gasteiger partial charge on any atom is 0.238 e. The zero-order valence-corrected chi connectivity index (χ0v) is 18.0. The number of rotatable bonds is 8. The van der Waals surface area contributed by atoms with Gasteiger partial charge in [-0.15, -0.1) is 0 Å². The van der Waals surface area contributed by atoms with Gasteiger partial charge in [0.25, 0.3) is 0 Å². The molecule has 1 amide bonds. The van der Waals surface area contributed by atoms with Crippen LogP contribution in [0.15, 0.2) is 23.1 Å². The number of aryl methyl sites for hydroxylation is 1. The molecule has 0 spiro atoms. The number of carbonyl (C=O) groups excluding carboxylic acids is 1. The summed E-state index contributed by atoms with van der Waals surface area (Å²) < 4.78 is 49.5. The molecule has 1 aromatic carbocycles. The fourth-order valence-electron chi connectivity index (χ4n) is 3.29. The molecule has 1 saturated heterocycles. The Morgan fingerprint density at radius 2 is 1.82 bits per heavy atom. The first-order chi connectivity index (χ1) is 13.1. The number of nitrogens with zero attached hydrogens (tertiary/aromatic N) is 1. The van der Waals surface area contributed by atoms with Crippen LogP contribution < -0.4 is 10.5 Å². The second-order valence-electron chi connectivity index (χ2n) is 7.05. The Kier molecular flexibility index (Phi) is 7.60. The summed E-state index contributed by atoms with van der Waals surface area (Å²) in [7, 11) is -7.15. The molecule has 0 atom stereocenters. The molecule has 1 aliphatic heterocycles. The topological polar surface area (TPSA) is 127 Å². The van der Waals surface area contributed by atoms with Gasteiger partial charge in [-0.05, 0) is 43.4 Å². The molecule has 28 heavy (non-hydrogen) atoms. The molecule has 0 bridgehead atoms. The molecule has 1 fully saturated rings. The van der Waals surface area contributed by atoms with Gasteiger partial charge >= 0.3 is 0 Å². The Hall–Kier alpha value is -1.49. The van der Waals surface area contributed by atoms with Gasteiger partial charge in [0.1, 0.15) is 0 Å². The normalized spacial score (nSPS) is 16.8. The van der Waals surface area contributed by atoms with Crippen molar-refractivity contribution in [3.05, 3.63) is 23.8 Å². The summed E-state index contributed by atoms with van der Waals surface area (Å²) in [6.07, 6.45) is 2.82. The molecule has 1 heterocycles. The van der Waals surface area contributed by atoms with E-state index in [1.54, 1.807) is 12.1 Å². The third-order valence-corrected chi connectivity index (χ3v) is 7.95. The van der Waals surface area contributed by atoms with Crippen LogP contribution in [-0.2, 0) is 31.3 Å². The average Bonchev–Trinajstić information content (AvgIpc) is 2.65. The highest BCUT2D eigenvalue weighted by Gasteiger charge is 2.30. The fraction of sp³-hybridized carbons (Fsp3) is 0.611. The van der Waals surface area contributed by atoms with Crippen LogP contribution in [0.5, 0.6) is 0 Å². The van der Waals surface area contributed by atoms with E-state index in [2.05, 4.69) is 5.32 Å². The van der Waals surface area contributed by atoms with E-state index in [0.29, 0.717) is 50.0 Å². The van der Waals surface area contributed by atoms with E-state index in [9.17, 15) is 21.6 Å². The first kappa shape index (κ1) is 22.8. The van der Waals surface area contributed by atoms with Crippen LogP contribution in [0.2, 0.25) is 0 Å².